The average molecular weight is 417 g/mol. The number of rotatable bonds is 6. The number of nitrogens with one attached hydrogen (secondary N) is 1. The number of fused-ring (bicyclic) bond motifs is 1. The number of aromatic carboxylic acids is 1. The number of amides is 1. The molecule has 1 heterocycles. The van der Waals surface area contributed by atoms with Gasteiger partial charge in [0.25, 0.3) is 11.7 Å². The second kappa shape index (κ2) is 8.00. The van der Waals surface area contributed by atoms with Crippen LogP contribution in [-0.4, -0.2) is 21.6 Å². The summed E-state index contributed by atoms with van der Waals surface area (Å²) in [4.78, 5) is 24.0. The molecule has 1 amide bonds. The standard InChI is InChI=1S/C20H22ClN5O3/c1-3-25-16-6-5-11(20(28)29)7-17(16)26(4-2)18(25)10-24-19(27)12-8-13(21)15(23)9-14(12)22/h5-9H,3-4,10H2,1-2H3,(H5-,22,23,24,27,28,29)/p+1. The summed E-state index contributed by atoms with van der Waals surface area (Å²) >= 11 is 6.02. The van der Waals surface area contributed by atoms with Crippen LogP contribution in [-0.2, 0) is 19.6 Å². The molecule has 0 aliphatic carbocycles. The fourth-order valence-corrected chi connectivity index (χ4v) is 3.64. The predicted molar refractivity (Wildman–Crippen MR) is 112 cm³/mol. The zero-order valence-corrected chi connectivity index (χ0v) is 17.0. The van der Waals surface area contributed by atoms with E-state index in [2.05, 4.69) is 5.32 Å². The molecule has 0 radical (unpaired) electrons. The molecule has 0 spiro atoms. The van der Waals surface area contributed by atoms with E-state index in [4.69, 9.17) is 23.1 Å². The first kappa shape index (κ1) is 20.5. The lowest BCUT2D eigenvalue weighted by atomic mass is 10.1. The van der Waals surface area contributed by atoms with E-state index in [-0.39, 0.29) is 34.3 Å². The quantitative estimate of drug-likeness (QED) is 0.362. The molecule has 9 heteroatoms. The number of carbonyl (C=O) groups is 2. The molecular formula is C20H23ClN5O3+. The van der Waals surface area contributed by atoms with Crippen LogP contribution in [0.1, 0.15) is 40.4 Å². The number of nitrogens with two attached hydrogens (primary N) is 2. The third kappa shape index (κ3) is 3.71. The summed E-state index contributed by atoms with van der Waals surface area (Å²) in [6, 6.07) is 7.92. The molecule has 2 aromatic carbocycles. The Morgan fingerprint density at radius 2 is 1.90 bits per heavy atom. The third-order valence-electron chi connectivity index (χ3n) is 4.88. The second-order valence-corrected chi connectivity index (χ2v) is 6.96. The lowest BCUT2D eigenvalue weighted by molar-refractivity contribution is -0.676. The van der Waals surface area contributed by atoms with E-state index in [1.54, 1.807) is 18.2 Å². The number of imidazole rings is 1. The largest absolute Gasteiger partial charge is 0.478 e. The minimum absolute atomic E-state index is 0.216. The Kier molecular flexibility index (Phi) is 5.65. The average Bonchev–Trinajstić information content (AvgIpc) is 3.00. The number of carboxylic acids is 1. The SMILES string of the molecule is CCn1c(CNC(=O)c2cc(Cl)c(N)cc2N)[n+](CC)c2ccc(C(=O)O)cc21. The molecule has 0 saturated carbocycles. The van der Waals surface area contributed by atoms with E-state index in [9.17, 15) is 14.7 Å². The number of aryl methyl sites for hydroxylation is 2. The number of nitrogens with zero attached hydrogens (tertiary/aromatic N) is 2. The molecule has 0 bridgehead atoms. The van der Waals surface area contributed by atoms with Gasteiger partial charge in [-0.05, 0) is 38.1 Å². The van der Waals surface area contributed by atoms with Crippen LogP contribution < -0.4 is 21.4 Å². The van der Waals surface area contributed by atoms with E-state index < -0.39 is 5.97 Å². The minimum atomic E-state index is -0.982. The van der Waals surface area contributed by atoms with Crippen molar-refractivity contribution >= 4 is 45.9 Å². The molecule has 8 nitrogen and oxygen atoms in total. The Hall–Kier alpha value is -3.26. The summed E-state index contributed by atoms with van der Waals surface area (Å²) < 4.78 is 4.04. The fraction of sp³-hybridized carbons (Fsp3) is 0.250. The number of aromatic nitrogens is 2. The van der Waals surface area contributed by atoms with E-state index in [1.165, 1.54) is 12.1 Å². The minimum Gasteiger partial charge on any atom is -0.478 e. The maximum Gasteiger partial charge on any atom is 0.335 e. The van der Waals surface area contributed by atoms with Crippen molar-refractivity contribution in [2.45, 2.75) is 33.5 Å². The zero-order chi connectivity index (χ0) is 21.3. The van der Waals surface area contributed by atoms with Crippen LogP contribution in [0.15, 0.2) is 30.3 Å². The first-order valence-corrected chi connectivity index (χ1v) is 9.57. The van der Waals surface area contributed by atoms with Crippen LogP contribution in [0.5, 0.6) is 0 Å². The molecule has 29 heavy (non-hydrogen) atoms. The summed E-state index contributed by atoms with van der Waals surface area (Å²) in [7, 11) is 0. The smallest absolute Gasteiger partial charge is 0.335 e. The summed E-state index contributed by atoms with van der Waals surface area (Å²) in [5, 5.41) is 12.4. The first-order valence-electron chi connectivity index (χ1n) is 9.19. The molecule has 3 rings (SSSR count). The first-order chi connectivity index (χ1) is 13.8. The Morgan fingerprint density at radius 1 is 1.17 bits per heavy atom. The van der Waals surface area contributed by atoms with Crippen molar-refractivity contribution in [3.05, 3.63) is 52.3 Å². The monoisotopic (exact) mass is 416 g/mol. The maximum absolute atomic E-state index is 12.7. The Balaban J connectivity index is 1.98. The number of carboxylic acid groups (broad SMARTS) is 1. The van der Waals surface area contributed by atoms with Crippen LogP contribution in [0.4, 0.5) is 11.4 Å². The van der Waals surface area contributed by atoms with Gasteiger partial charge in [0.1, 0.15) is 6.54 Å². The number of anilines is 2. The lowest BCUT2D eigenvalue weighted by Gasteiger charge is -2.09. The maximum atomic E-state index is 12.7. The van der Waals surface area contributed by atoms with Crippen molar-refractivity contribution in [2.24, 2.45) is 0 Å². The lowest BCUT2D eigenvalue weighted by Crippen LogP contribution is -2.40. The molecule has 0 saturated heterocycles. The number of halogens is 1. The van der Waals surface area contributed by atoms with Gasteiger partial charge in [0.15, 0.2) is 11.0 Å². The number of benzene rings is 2. The highest BCUT2D eigenvalue weighted by atomic mass is 35.5. The molecule has 6 N–H and O–H groups in total. The molecule has 0 fully saturated rings. The van der Waals surface area contributed by atoms with Gasteiger partial charge in [0.2, 0.25) is 0 Å². The number of carbonyl (C=O) groups excluding carboxylic acids is 1. The molecule has 1 aromatic heterocycles. The van der Waals surface area contributed by atoms with Crippen molar-refractivity contribution in [3.8, 4) is 0 Å². The van der Waals surface area contributed by atoms with Gasteiger partial charge in [-0.1, -0.05) is 11.6 Å². The molecule has 0 unspecified atom stereocenters. The van der Waals surface area contributed by atoms with Crippen molar-refractivity contribution in [3.63, 3.8) is 0 Å². The summed E-state index contributed by atoms with van der Waals surface area (Å²) in [6.07, 6.45) is 0. The normalized spacial score (nSPS) is 11.0. The number of hydrogen-bond donors (Lipinski definition) is 4. The van der Waals surface area contributed by atoms with E-state index in [0.717, 1.165) is 16.9 Å². The highest BCUT2D eigenvalue weighted by Crippen LogP contribution is 2.25. The van der Waals surface area contributed by atoms with Crippen LogP contribution >= 0.6 is 11.6 Å². The van der Waals surface area contributed by atoms with Gasteiger partial charge in [0.05, 0.1) is 34.9 Å². The second-order valence-electron chi connectivity index (χ2n) is 6.56. The molecule has 3 aromatic rings. The molecular weight excluding hydrogens is 394 g/mol. The zero-order valence-electron chi connectivity index (χ0n) is 16.2. The van der Waals surface area contributed by atoms with E-state index in [0.29, 0.717) is 18.8 Å². The van der Waals surface area contributed by atoms with Crippen molar-refractivity contribution in [1.82, 2.24) is 9.88 Å². The van der Waals surface area contributed by atoms with Crippen LogP contribution in [0, 0.1) is 0 Å². The Morgan fingerprint density at radius 3 is 2.52 bits per heavy atom. The van der Waals surface area contributed by atoms with Gasteiger partial charge in [-0.15, -0.1) is 0 Å². The topological polar surface area (TPSA) is 127 Å². The van der Waals surface area contributed by atoms with E-state index >= 15 is 0 Å². The van der Waals surface area contributed by atoms with Crippen molar-refractivity contribution in [1.29, 1.82) is 0 Å². The summed E-state index contributed by atoms with van der Waals surface area (Å²) in [5.41, 5.74) is 14.3. The number of hydrogen-bond acceptors (Lipinski definition) is 4. The van der Waals surface area contributed by atoms with Gasteiger partial charge in [0, 0.05) is 11.8 Å². The Labute approximate surface area is 172 Å². The predicted octanol–water partition coefficient (Wildman–Crippen LogP) is 2.41. The van der Waals surface area contributed by atoms with Crippen LogP contribution in [0.2, 0.25) is 5.02 Å². The third-order valence-corrected chi connectivity index (χ3v) is 5.21. The molecule has 0 aliphatic heterocycles. The highest BCUT2D eigenvalue weighted by Gasteiger charge is 2.25. The van der Waals surface area contributed by atoms with Gasteiger partial charge in [-0.2, -0.15) is 0 Å². The van der Waals surface area contributed by atoms with Gasteiger partial charge >= 0.3 is 5.97 Å². The van der Waals surface area contributed by atoms with E-state index in [1.807, 2.05) is 23.0 Å². The van der Waals surface area contributed by atoms with Crippen molar-refractivity contribution in [2.75, 3.05) is 11.5 Å². The Bertz CT molecular complexity index is 1120. The van der Waals surface area contributed by atoms with Crippen molar-refractivity contribution < 1.29 is 19.3 Å². The molecule has 152 valence electrons. The van der Waals surface area contributed by atoms with Crippen LogP contribution in [0.25, 0.3) is 11.0 Å². The fourth-order valence-electron chi connectivity index (χ4n) is 3.48. The molecule has 0 aliphatic rings. The van der Waals surface area contributed by atoms with Gasteiger partial charge < -0.3 is 21.9 Å². The van der Waals surface area contributed by atoms with Gasteiger partial charge in [-0.25, -0.2) is 13.9 Å². The summed E-state index contributed by atoms with van der Waals surface area (Å²) in [5.74, 6) is -0.503. The summed E-state index contributed by atoms with van der Waals surface area (Å²) in [6.45, 7) is 5.48. The van der Waals surface area contributed by atoms with Crippen LogP contribution in [0.3, 0.4) is 0 Å². The number of nitrogen functional groups attached to an aromatic ring is 2. The molecule has 0 atom stereocenters. The van der Waals surface area contributed by atoms with Gasteiger partial charge in [-0.3, -0.25) is 4.79 Å². The highest BCUT2D eigenvalue weighted by molar-refractivity contribution is 6.33.